The van der Waals surface area contributed by atoms with Gasteiger partial charge in [-0.05, 0) is 42.7 Å². The molecule has 0 spiro atoms. The minimum Gasteiger partial charge on any atom is -0.497 e. The monoisotopic (exact) mass is 400 g/mol. The number of benzene rings is 2. The number of ether oxygens (including phenoxy) is 4. The van der Waals surface area contributed by atoms with Crippen LogP contribution in [-0.2, 0) is 10.2 Å². The van der Waals surface area contributed by atoms with Crippen molar-refractivity contribution in [3.8, 4) is 17.2 Å². The van der Waals surface area contributed by atoms with Crippen molar-refractivity contribution >= 4 is 11.7 Å². The van der Waals surface area contributed by atoms with Crippen molar-refractivity contribution < 1.29 is 23.7 Å². The fourth-order valence-electron chi connectivity index (χ4n) is 3.59. The molecule has 7 nitrogen and oxygen atoms in total. The molecule has 1 aliphatic rings. The Bertz CT molecular complexity index is 816. The van der Waals surface area contributed by atoms with Gasteiger partial charge in [-0.1, -0.05) is 12.1 Å². The molecule has 1 fully saturated rings. The van der Waals surface area contributed by atoms with E-state index in [4.69, 9.17) is 18.9 Å². The van der Waals surface area contributed by atoms with Crippen molar-refractivity contribution in [3.05, 3.63) is 48.0 Å². The van der Waals surface area contributed by atoms with Gasteiger partial charge in [-0.25, -0.2) is 4.79 Å². The second-order valence-corrected chi connectivity index (χ2v) is 7.00. The quantitative estimate of drug-likeness (QED) is 0.743. The molecule has 2 amide bonds. The molecule has 1 saturated heterocycles. The van der Waals surface area contributed by atoms with Gasteiger partial charge in [0.1, 0.15) is 17.2 Å². The molecule has 29 heavy (non-hydrogen) atoms. The molecular weight excluding hydrogens is 372 g/mol. The topological polar surface area (TPSA) is 78.1 Å². The molecule has 0 saturated carbocycles. The first kappa shape index (κ1) is 20.8. The second-order valence-electron chi connectivity index (χ2n) is 7.00. The van der Waals surface area contributed by atoms with Gasteiger partial charge in [0.2, 0.25) is 0 Å². The molecule has 0 aromatic heterocycles. The van der Waals surface area contributed by atoms with E-state index >= 15 is 0 Å². The Kier molecular flexibility index (Phi) is 6.82. The van der Waals surface area contributed by atoms with Gasteiger partial charge < -0.3 is 29.6 Å². The zero-order chi connectivity index (χ0) is 20.7. The number of anilines is 1. The Morgan fingerprint density at radius 1 is 0.966 bits per heavy atom. The first-order chi connectivity index (χ1) is 14.1. The second kappa shape index (κ2) is 9.52. The Labute approximate surface area is 171 Å². The molecule has 3 rings (SSSR count). The number of amides is 2. The predicted molar refractivity (Wildman–Crippen MR) is 111 cm³/mol. The fourth-order valence-corrected chi connectivity index (χ4v) is 3.59. The van der Waals surface area contributed by atoms with Crippen molar-refractivity contribution in [1.29, 1.82) is 0 Å². The first-order valence-electron chi connectivity index (χ1n) is 9.59. The molecule has 156 valence electrons. The Morgan fingerprint density at radius 3 is 2.24 bits per heavy atom. The number of hydrogen-bond acceptors (Lipinski definition) is 5. The van der Waals surface area contributed by atoms with Crippen molar-refractivity contribution in [2.24, 2.45) is 0 Å². The molecule has 7 heteroatoms. The third-order valence-corrected chi connectivity index (χ3v) is 5.40. The van der Waals surface area contributed by atoms with Crippen LogP contribution in [0.15, 0.2) is 42.5 Å². The maximum Gasteiger partial charge on any atom is 0.319 e. The van der Waals surface area contributed by atoms with Gasteiger partial charge in [0.25, 0.3) is 0 Å². The van der Waals surface area contributed by atoms with Crippen LogP contribution < -0.4 is 24.8 Å². The summed E-state index contributed by atoms with van der Waals surface area (Å²) in [6, 6.07) is 13.0. The molecule has 0 unspecified atom stereocenters. The number of carbonyl (C=O) groups excluding carboxylic acids is 1. The summed E-state index contributed by atoms with van der Waals surface area (Å²) in [5, 5.41) is 5.88. The van der Waals surface area contributed by atoms with E-state index in [1.807, 2.05) is 12.1 Å². The van der Waals surface area contributed by atoms with Crippen molar-refractivity contribution in [2.45, 2.75) is 18.3 Å². The molecule has 2 aromatic rings. The minimum atomic E-state index is -0.284. The molecule has 0 radical (unpaired) electrons. The molecule has 1 aliphatic heterocycles. The number of carbonyl (C=O) groups is 1. The first-order valence-corrected chi connectivity index (χ1v) is 9.59. The third kappa shape index (κ3) is 4.92. The third-order valence-electron chi connectivity index (χ3n) is 5.40. The number of methoxy groups -OCH3 is 3. The van der Waals surface area contributed by atoms with E-state index < -0.39 is 0 Å². The van der Waals surface area contributed by atoms with Gasteiger partial charge >= 0.3 is 6.03 Å². The van der Waals surface area contributed by atoms with Gasteiger partial charge in [-0.15, -0.1) is 0 Å². The van der Waals surface area contributed by atoms with Gasteiger partial charge in [-0.2, -0.15) is 0 Å². The highest BCUT2D eigenvalue weighted by molar-refractivity contribution is 5.91. The molecule has 2 N–H and O–H groups in total. The average Bonchev–Trinajstić information content (AvgIpc) is 2.78. The summed E-state index contributed by atoms with van der Waals surface area (Å²) in [6.07, 6.45) is 1.68. The van der Waals surface area contributed by atoms with Crippen LogP contribution in [-0.4, -0.2) is 47.1 Å². The van der Waals surface area contributed by atoms with Crippen molar-refractivity contribution in [1.82, 2.24) is 5.32 Å². The van der Waals surface area contributed by atoms with Crippen molar-refractivity contribution in [2.75, 3.05) is 46.4 Å². The lowest BCUT2D eigenvalue weighted by Crippen LogP contribution is -2.45. The lowest BCUT2D eigenvalue weighted by molar-refractivity contribution is 0.0508. The van der Waals surface area contributed by atoms with Crippen LogP contribution in [0.3, 0.4) is 0 Å². The van der Waals surface area contributed by atoms with Crippen LogP contribution in [0.1, 0.15) is 18.4 Å². The fraction of sp³-hybridized carbons (Fsp3) is 0.409. The normalized spacial score (nSPS) is 15.3. The van der Waals surface area contributed by atoms with Gasteiger partial charge in [0.05, 0.1) is 27.0 Å². The summed E-state index contributed by atoms with van der Waals surface area (Å²) >= 11 is 0. The Balaban J connectivity index is 1.70. The summed E-state index contributed by atoms with van der Waals surface area (Å²) in [6.45, 7) is 1.84. The number of urea groups is 1. The van der Waals surface area contributed by atoms with Crippen molar-refractivity contribution in [3.63, 3.8) is 0 Å². The highest BCUT2D eigenvalue weighted by Crippen LogP contribution is 2.35. The summed E-state index contributed by atoms with van der Waals surface area (Å²) in [4.78, 5) is 12.6. The predicted octanol–water partition coefficient (Wildman–Crippen LogP) is 3.58. The standard InChI is InChI=1S/C22H28N2O5/c1-26-17-6-4-16(5-7-17)22(10-12-29-13-11-22)15-23-21(25)24-19-9-8-18(27-2)14-20(19)28-3/h4-9,14H,10-13,15H2,1-3H3,(H2,23,24,25). The summed E-state index contributed by atoms with van der Waals surface area (Å²) in [7, 11) is 4.79. The molecule has 0 aliphatic carbocycles. The van der Waals surface area contributed by atoms with Gasteiger partial charge in [-0.3, -0.25) is 0 Å². The number of nitrogens with one attached hydrogen (secondary N) is 2. The molecule has 2 aromatic carbocycles. The van der Waals surface area contributed by atoms with Gasteiger partial charge in [0.15, 0.2) is 0 Å². The molecule has 0 atom stereocenters. The van der Waals surface area contributed by atoms with E-state index in [9.17, 15) is 4.79 Å². The van der Waals surface area contributed by atoms with Crippen LogP contribution in [0, 0.1) is 0 Å². The highest BCUT2D eigenvalue weighted by atomic mass is 16.5. The van der Waals surface area contributed by atoms with E-state index in [-0.39, 0.29) is 11.4 Å². The lowest BCUT2D eigenvalue weighted by atomic mass is 9.74. The lowest BCUT2D eigenvalue weighted by Gasteiger charge is -2.38. The number of rotatable bonds is 7. The Morgan fingerprint density at radius 2 is 1.62 bits per heavy atom. The van der Waals surface area contributed by atoms with Crippen LogP contribution in [0.4, 0.5) is 10.5 Å². The maximum atomic E-state index is 12.6. The zero-order valence-corrected chi connectivity index (χ0v) is 17.1. The zero-order valence-electron chi connectivity index (χ0n) is 17.1. The van der Waals surface area contributed by atoms with Crippen LogP contribution in [0.25, 0.3) is 0 Å². The van der Waals surface area contributed by atoms with E-state index in [1.165, 1.54) is 5.56 Å². The van der Waals surface area contributed by atoms with E-state index in [0.29, 0.717) is 36.9 Å². The van der Waals surface area contributed by atoms with Crippen LogP contribution in [0.5, 0.6) is 17.2 Å². The molecule has 0 bridgehead atoms. The largest absolute Gasteiger partial charge is 0.497 e. The number of hydrogen-bond donors (Lipinski definition) is 2. The maximum absolute atomic E-state index is 12.6. The highest BCUT2D eigenvalue weighted by Gasteiger charge is 2.35. The molecular formula is C22H28N2O5. The van der Waals surface area contributed by atoms with Crippen LogP contribution in [0.2, 0.25) is 0 Å². The minimum absolute atomic E-state index is 0.175. The summed E-state index contributed by atoms with van der Waals surface area (Å²) in [5.41, 5.74) is 1.58. The van der Waals surface area contributed by atoms with Gasteiger partial charge in [0, 0.05) is 31.2 Å². The smallest absolute Gasteiger partial charge is 0.319 e. The van der Waals surface area contributed by atoms with E-state index in [2.05, 4.69) is 22.8 Å². The van der Waals surface area contributed by atoms with E-state index in [1.54, 1.807) is 39.5 Å². The van der Waals surface area contributed by atoms with Crippen LogP contribution >= 0.6 is 0 Å². The average molecular weight is 400 g/mol. The summed E-state index contributed by atoms with van der Waals surface area (Å²) in [5.74, 6) is 2.01. The molecule has 1 heterocycles. The van der Waals surface area contributed by atoms with E-state index in [0.717, 1.165) is 18.6 Å². The Hall–Kier alpha value is -2.93. The summed E-state index contributed by atoms with van der Waals surface area (Å²) < 4.78 is 21.4. The SMILES string of the molecule is COc1ccc(C2(CNC(=O)Nc3ccc(OC)cc3OC)CCOCC2)cc1.